The van der Waals surface area contributed by atoms with Crippen LogP contribution in [0.15, 0.2) is 53.0 Å². The molecule has 0 unspecified atom stereocenters. The van der Waals surface area contributed by atoms with E-state index in [1.807, 2.05) is 0 Å². The number of halogens is 4. The first kappa shape index (κ1) is 27.6. The molecule has 0 spiro atoms. The van der Waals surface area contributed by atoms with Crippen molar-refractivity contribution >= 4 is 43.5 Å². The van der Waals surface area contributed by atoms with E-state index < -0.39 is 46.2 Å². The van der Waals surface area contributed by atoms with Gasteiger partial charge in [0.1, 0.15) is 12.6 Å². The van der Waals surface area contributed by atoms with Crippen LogP contribution in [-0.2, 0) is 32.3 Å². The van der Waals surface area contributed by atoms with Crippen molar-refractivity contribution in [1.29, 1.82) is 0 Å². The number of nitrogens with one attached hydrogen (secondary N) is 1. The smallest absolute Gasteiger partial charge is 0.355 e. The molecule has 0 aliphatic rings. The van der Waals surface area contributed by atoms with Gasteiger partial charge in [-0.25, -0.2) is 8.42 Å². The number of carbonyl (C=O) groups is 2. The van der Waals surface area contributed by atoms with Crippen molar-refractivity contribution in [2.24, 2.45) is 0 Å². The minimum Gasteiger partial charge on any atom is -0.355 e. The van der Waals surface area contributed by atoms with E-state index in [4.69, 9.17) is 0 Å². The highest BCUT2D eigenvalue weighted by Gasteiger charge is 2.33. The summed E-state index contributed by atoms with van der Waals surface area (Å²) in [6.07, 6.45) is -3.89. The van der Waals surface area contributed by atoms with Crippen molar-refractivity contribution < 1.29 is 31.2 Å². The van der Waals surface area contributed by atoms with Gasteiger partial charge in [-0.05, 0) is 49.7 Å². The second-order valence-corrected chi connectivity index (χ2v) is 10.4. The van der Waals surface area contributed by atoms with E-state index in [0.29, 0.717) is 22.5 Å². The van der Waals surface area contributed by atoms with Crippen molar-refractivity contribution in [3.8, 4) is 0 Å². The van der Waals surface area contributed by atoms with Gasteiger partial charge in [0.25, 0.3) is 0 Å². The van der Waals surface area contributed by atoms with Crippen molar-refractivity contribution in [1.82, 2.24) is 10.2 Å². The third kappa shape index (κ3) is 7.45. The van der Waals surface area contributed by atoms with Gasteiger partial charge < -0.3 is 10.2 Å². The molecule has 2 aromatic carbocycles. The topological polar surface area (TPSA) is 86.8 Å². The van der Waals surface area contributed by atoms with Gasteiger partial charge >= 0.3 is 6.18 Å². The molecule has 0 fully saturated rings. The summed E-state index contributed by atoms with van der Waals surface area (Å²) >= 11 is 3.34. The maximum atomic E-state index is 13.3. The summed E-state index contributed by atoms with van der Waals surface area (Å²) in [5, 5.41) is 2.62. The predicted molar refractivity (Wildman–Crippen MR) is 126 cm³/mol. The number of alkyl halides is 3. The maximum Gasteiger partial charge on any atom is 0.416 e. The van der Waals surface area contributed by atoms with E-state index >= 15 is 0 Å². The van der Waals surface area contributed by atoms with Crippen LogP contribution in [0.2, 0.25) is 0 Å². The lowest BCUT2D eigenvalue weighted by Crippen LogP contribution is -2.51. The Balaban J connectivity index is 2.44. The van der Waals surface area contributed by atoms with Crippen molar-refractivity contribution in [2.45, 2.75) is 32.6 Å². The van der Waals surface area contributed by atoms with Gasteiger partial charge in [0.05, 0.1) is 17.5 Å². The molecule has 0 heterocycles. The van der Waals surface area contributed by atoms with E-state index in [-0.39, 0.29) is 12.2 Å². The van der Waals surface area contributed by atoms with Crippen LogP contribution in [0.25, 0.3) is 0 Å². The summed E-state index contributed by atoms with van der Waals surface area (Å²) in [5.74, 6) is -1.20. The van der Waals surface area contributed by atoms with Gasteiger partial charge in [-0.2, -0.15) is 13.2 Å². The maximum absolute atomic E-state index is 13.3. The first-order valence-electron chi connectivity index (χ1n) is 10.2. The van der Waals surface area contributed by atoms with E-state index in [2.05, 4.69) is 21.2 Å². The Morgan fingerprint density at radius 2 is 1.76 bits per heavy atom. The lowest BCUT2D eigenvalue weighted by molar-refractivity contribution is -0.139. The van der Waals surface area contributed by atoms with E-state index in [0.717, 1.165) is 22.9 Å². The molecule has 7 nitrogen and oxygen atoms in total. The molecule has 0 saturated heterocycles. The van der Waals surface area contributed by atoms with Gasteiger partial charge in [0, 0.05) is 17.6 Å². The van der Waals surface area contributed by atoms with Crippen LogP contribution in [0.5, 0.6) is 0 Å². The molecule has 1 atom stereocenters. The summed E-state index contributed by atoms with van der Waals surface area (Å²) in [6.45, 7) is 2.73. The zero-order chi connectivity index (χ0) is 25.7. The lowest BCUT2D eigenvalue weighted by Gasteiger charge is -2.31. The Morgan fingerprint density at radius 1 is 1.12 bits per heavy atom. The van der Waals surface area contributed by atoms with Crippen molar-refractivity contribution in [3.63, 3.8) is 0 Å². The van der Waals surface area contributed by atoms with Crippen molar-refractivity contribution in [3.05, 3.63) is 64.1 Å². The molecule has 186 valence electrons. The number of likely N-dealkylation sites (N-methyl/N-ethyl adjacent to an activating group) is 1. The first-order chi connectivity index (χ1) is 15.7. The number of sulfonamides is 1. The second-order valence-electron chi connectivity index (χ2n) is 7.54. The minimum absolute atomic E-state index is 0.0171. The van der Waals surface area contributed by atoms with Crippen LogP contribution >= 0.6 is 15.9 Å². The number of nitrogens with zero attached hydrogens (tertiary/aromatic N) is 2. The van der Waals surface area contributed by atoms with Gasteiger partial charge in [-0.15, -0.1) is 0 Å². The summed E-state index contributed by atoms with van der Waals surface area (Å²) in [4.78, 5) is 27.0. The molecule has 34 heavy (non-hydrogen) atoms. The normalized spacial score (nSPS) is 12.7. The zero-order valence-electron chi connectivity index (χ0n) is 18.8. The number of anilines is 1. The summed E-state index contributed by atoms with van der Waals surface area (Å²) < 4.78 is 65.7. The number of hydrogen-bond acceptors (Lipinski definition) is 4. The zero-order valence-corrected chi connectivity index (χ0v) is 21.2. The molecule has 0 aliphatic carbocycles. The number of hydrogen-bond donors (Lipinski definition) is 1. The highest BCUT2D eigenvalue weighted by atomic mass is 79.9. The van der Waals surface area contributed by atoms with Crippen LogP contribution in [0.1, 0.15) is 25.0 Å². The number of rotatable bonds is 9. The van der Waals surface area contributed by atoms with E-state index in [1.165, 1.54) is 17.9 Å². The quantitative estimate of drug-likeness (QED) is 0.503. The molecular formula is C22H25BrF3N3O4S. The number of carbonyl (C=O) groups excluding carboxylic acids is 2. The molecule has 0 saturated carbocycles. The SMILES string of the molecule is CCNC(=O)[C@H](C)N(Cc1cccc(Br)c1)C(=O)CN(c1cccc(C(F)(F)F)c1)S(C)(=O)=O. The van der Waals surface area contributed by atoms with Gasteiger partial charge in [0.15, 0.2) is 0 Å². The van der Waals surface area contributed by atoms with E-state index in [9.17, 15) is 31.2 Å². The van der Waals surface area contributed by atoms with Crippen LogP contribution in [0, 0.1) is 0 Å². The molecule has 12 heteroatoms. The highest BCUT2D eigenvalue weighted by Crippen LogP contribution is 2.32. The number of amides is 2. The first-order valence-corrected chi connectivity index (χ1v) is 12.8. The summed E-state index contributed by atoms with van der Waals surface area (Å²) in [5.41, 5.74) is -0.685. The van der Waals surface area contributed by atoms with E-state index in [1.54, 1.807) is 31.2 Å². The number of benzene rings is 2. The highest BCUT2D eigenvalue weighted by molar-refractivity contribution is 9.10. The van der Waals surface area contributed by atoms with Crippen LogP contribution < -0.4 is 9.62 Å². The average molecular weight is 564 g/mol. The fourth-order valence-corrected chi connectivity index (χ4v) is 4.48. The minimum atomic E-state index is -4.69. The fourth-order valence-electron chi connectivity index (χ4n) is 3.19. The monoisotopic (exact) mass is 563 g/mol. The predicted octanol–water partition coefficient (Wildman–Crippen LogP) is 3.79. The Labute approximate surface area is 205 Å². The molecule has 2 amide bonds. The third-order valence-corrected chi connectivity index (χ3v) is 6.53. The molecule has 0 bridgehead atoms. The van der Waals surface area contributed by atoms with Crippen molar-refractivity contribution in [2.75, 3.05) is 23.7 Å². The average Bonchev–Trinajstić information content (AvgIpc) is 2.74. The van der Waals surface area contributed by atoms with Gasteiger partial charge in [0.2, 0.25) is 21.8 Å². The Morgan fingerprint density at radius 3 is 2.32 bits per heavy atom. The summed E-state index contributed by atoms with van der Waals surface area (Å²) in [7, 11) is -4.13. The molecule has 0 radical (unpaired) electrons. The Bertz CT molecular complexity index is 1140. The molecule has 2 rings (SSSR count). The standard InChI is InChI=1S/C22H25BrF3N3O4S/c1-4-27-21(31)15(2)28(13-16-7-5-9-18(23)11-16)20(30)14-29(34(3,32)33)19-10-6-8-17(12-19)22(24,25)26/h5-12,15H,4,13-14H2,1-3H3,(H,27,31)/t15-/m0/s1. The molecule has 0 aromatic heterocycles. The lowest BCUT2D eigenvalue weighted by atomic mass is 10.1. The third-order valence-electron chi connectivity index (χ3n) is 4.90. The molecule has 0 aliphatic heterocycles. The molecule has 2 aromatic rings. The van der Waals surface area contributed by atoms with Crippen LogP contribution in [0.4, 0.5) is 18.9 Å². The second kappa shape index (κ2) is 11.2. The van der Waals surface area contributed by atoms with Gasteiger partial charge in [-0.1, -0.05) is 34.1 Å². The summed E-state index contributed by atoms with van der Waals surface area (Å²) in [6, 6.07) is 9.75. The largest absolute Gasteiger partial charge is 0.416 e. The van der Waals surface area contributed by atoms with Crippen LogP contribution in [-0.4, -0.2) is 50.5 Å². The Kier molecular flexibility index (Phi) is 9.12. The fraction of sp³-hybridized carbons (Fsp3) is 0.364. The van der Waals surface area contributed by atoms with Crippen LogP contribution in [0.3, 0.4) is 0 Å². The van der Waals surface area contributed by atoms with Gasteiger partial charge in [-0.3, -0.25) is 13.9 Å². The Hall–Kier alpha value is -2.60. The molecular weight excluding hydrogens is 539 g/mol. The molecule has 1 N–H and O–H groups in total.